The number of hydrogen-bond acceptors (Lipinski definition) is 4. The smallest absolute Gasteiger partial charge is 0.545 e. The average molecular weight is 515 g/mol. The Hall–Kier alpha value is -2.82. The van der Waals surface area contributed by atoms with Crippen LogP contribution in [0.3, 0.4) is 0 Å². The maximum atomic E-state index is 14.1. The third-order valence-corrected chi connectivity index (χ3v) is 5.62. The van der Waals surface area contributed by atoms with Crippen LogP contribution in [-0.2, 0) is 12.8 Å². The Kier molecular flexibility index (Phi) is 8.53. The Morgan fingerprint density at radius 3 is 2.31 bits per heavy atom. The molecule has 1 aliphatic rings. The summed E-state index contributed by atoms with van der Waals surface area (Å²) < 4.78 is 87.9. The average Bonchev–Trinajstić information content (AvgIpc) is 3.27. The van der Waals surface area contributed by atoms with Gasteiger partial charge in [0.15, 0.2) is 0 Å². The number of halogens is 6. The number of hydrogen-bond donors (Lipinski definition) is 0. The number of carbonyl (C=O) groups excluding carboxylic acids is 1. The number of nitrogens with zero attached hydrogens (tertiary/aromatic N) is 1. The third-order valence-electron chi connectivity index (χ3n) is 5.62. The topological polar surface area (TPSA) is 62.2 Å². The van der Waals surface area contributed by atoms with E-state index in [1.807, 2.05) is 0 Å². The van der Waals surface area contributed by atoms with Crippen LogP contribution in [0.2, 0.25) is 0 Å². The maximum absolute atomic E-state index is 14.1. The van der Waals surface area contributed by atoms with Crippen molar-refractivity contribution in [3.63, 3.8) is 0 Å². The maximum Gasteiger partial charge on any atom is 1.00 e. The van der Waals surface area contributed by atoms with E-state index in [9.17, 15) is 36.2 Å². The zero-order chi connectivity index (χ0) is 25.3. The monoisotopic (exact) mass is 515 g/mol. The minimum atomic E-state index is -4.74. The summed E-state index contributed by atoms with van der Waals surface area (Å²) in [5, 5.41) is 11.2. The molecule has 0 spiro atoms. The molecule has 1 heterocycles. The fourth-order valence-corrected chi connectivity index (χ4v) is 3.99. The zero-order valence-corrected chi connectivity index (χ0v) is 20.9. The van der Waals surface area contributed by atoms with Crippen LogP contribution in [0.5, 0.6) is 5.88 Å². The molecule has 36 heavy (non-hydrogen) atoms. The summed E-state index contributed by atoms with van der Waals surface area (Å²) in [5.74, 6) is -4.55. The second-order valence-corrected chi connectivity index (χ2v) is 7.89. The first-order chi connectivity index (χ1) is 16.5. The van der Waals surface area contributed by atoms with Gasteiger partial charge in [-0.1, -0.05) is 6.07 Å². The molecule has 1 aromatic heterocycles. The number of pyridine rings is 1. The zero-order valence-electron chi connectivity index (χ0n) is 18.9. The van der Waals surface area contributed by atoms with Crippen LogP contribution in [0.25, 0.3) is 11.1 Å². The van der Waals surface area contributed by atoms with Gasteiger partial charge in [-0.3, -0.25) is 0 Å². The van der Waals surface area contributed by atoms with Gasteiger partial charge in [0.05, 0.1) is 17.1 Å². The molecule has 182 valence electrons. The fourth-order valence-electron chi connectivity index (χ4n) is 3.99. The summed E-state index contributed by atoms with van der Waals surface area (Å²) in [4.78, 5) is 15.0. The van der Waals surface area contributed by atoms with Crippen LogP contribution in [0.15, 0.2) is 48.7 Å². The van der Waals surface area contributed by atoms with E-state index in [0.717, 1.165) is 36.4 Å². The SMILES string of the molecule is O=C([O-])c1cc(F)cc(C2=C(c3cc(C(F)(F)F)cnc3OCc3c(F)cccc3F)CCC2)c1.[Na+]. The molecule has 0 saturated heterocycles. The van der Waals surface area contributed by atoms with E-state index < -0.39 is 52.9 Å². The molecule has 3 aromatic rings. The predicted molar refractivity (Wildman–Crippen MR) is 111 cm³/mol. The van der Waals surface area contributed by atoms with Gasteiger partial charge >= 0.3 is 35.7 Å². The summed E-state index contributed by atoms with van der Waals surface area (Å²) in [6.07, 6.45) is -3.12. The number of carbonyl (C=O) groups is 1. The molecule has 0 atom stereocenters. The molecule has 0 radical (unpaired) electrons. The van der Waals surface area contributed by atoms with Gasteiger partial charge in [0, 0.05) is 17.3 Å². The number of carboxylic acid groups (broad SMARTS) is 1. The molecule has 0 bridgehead atoms. The Balaban J connectivity index is 0.00000361. The van der Waals surface area contributed by atoms with E-state index in [2.05, 4.69) is 4.98 Å². The van der Waals surface area contributed by atoms with E-state index in [1.165, 1.54) is 6.07 Å². The van der Waals surface area contributed by atoms with Crippen molar-refractivity contribution in [2.75, 3.05) is 0 Å². The molecule has 0 saturated carbocycles. The summed E-state index contributed by atoms with van der Waals surface area (Å²) in [7, 11) is 0. The summed E-state index contributed by atoms with van der Waals surface area (Å²) >= 11 is 0. The van der Waals surface area contributed by atoms with E-state index in [1.54, 1.807) is 0 Å². The fraction of sp³-hybridized carbons (Fsp3) is 0.200. The molecule has 0 N–H and O–H groups in total. The van der Waals surface area contributed by atoms with Crippen molar-refractivity contribution < 1.29 is 70.5 Å². The second kappa shape index (κ2) is 11.1. The summed E-state index contributed by atoms with van der Waals surface area (Å²) in [6.45, 7) is -0.638. The van der Waals surface area contributed by atoms with Crippen molar-refractivity contribution in [3.8, 4) is 5.88 Å². The number of benzene rings is 2. The standard InChI is InChI=1S/C25H17F6NO3.Na/c26-16-8-13(7-14(9-16)24(33)34)17-3-1-4-18(17)19-10-15(25(29,30)31)11-32-23(19)35-12-20-21(27)5-2-6-22(20)28;/h2,5-11H,1,3-4,12H2,(H,33,34);/q;+1/p-1. The second-order valence-electron chi connectivity index (χ2n) is 7.89. The summed E-state index contributed by atoms with van der Waals surface area (Å²) in [6, 6.07) is 7.01. The van der Waals surface area contributed by atoms with Crippen LogP contribution in [0.1, 0.15) is 51.9 Å². The number of aromatic carboxylic acids is 1. The molecular formula is C25H16F6NNaO3. The van der Waals surface area contributed by atoms with Gasteiger partial charge in [-0.05, 0) is 72.4 Å². The first-order valence-corrected chi connectivity index (χ1v) is 10.4. The normalized spacial score (nSPS) is 13.5. The van der Waals surface area contributed by atoms with Crippen molar-refractivity contribution in [1.29, 1.82) is 0 Å². The molecule has 4 nitrogen and oxygen atoms in total. The van der Waals surface area contributed by atoms with E-state index >= 15 is 0 Å². The number of aromatic nitrogens is 1. The molecule has 0 fully saturated rings. The first kappa shape index (κ1) is 27.8. The van der Waals surface area contributed by atoms with Gasteiger partial charge in [0.2, 0.25) is 5.88 Å². The van der Waals surface area contributed by atoms with Crippen LogP contribution in [-0.4, -0.2) is 11.0 Å². The van der Waals surface area contributed by atoms with Crippen molar-refractivity contribution in [2.24, 2.45) is 0 Å². The number of allylic oxidation sites excluding steroid dienone is 2. The van der Waals surface area contributed by atoms with Crippen molar-refractivity contribution >= 4 is 17.1 Å². The minimum absolute atomic E-state index is 0. The predicted octanol–water partition coefficient (Wildman–Crippen LogP) is 2.56. The van der Waals surface area contributed by atoms with Crippen molar-refractivity contribution in [1.82, 2.24) is 4.98 Å². The van der Waals surface area contributed by atoms with Gasteiger partial charge in [0.1, 0.15) is 24.1 Å². The number of alkyl halides is 3. The molecule has 0 unspecified atom stereocenters. The minimum Gasteiger partial charge on any atom is -0.545 e. The summed E-state index contributed by atoms with van der Waals surface area (Å²) in [5.41, 5.74) is -1.09. The quantitative estimate of drug-likeness (QED) is 0.374. The molecule has 11 heteroatoms. The van der Waals surface area contributed by atoms with Crippen molar-refractivity contribution in [2.45, 2.75) is 32.0 Å². The number of ether oxygens (including phenoxy) is 1. The third kappa shape index (κ3) is 5.93. The largest absolute Gasteiger partial charge is 1.00 e. The Morgan fingerprint density at radius 2 is 1.67 bits per heavy atom. The number of rotatable bonds is 6. The van der Waals surface area contributed by atoms with Gasteiger partial charge in [-0.15, -0.1) is 0 Å². The van der Waals surface area contributed by atoms with Gasteiger partial charge < -0.3 is 14.6 Å². The van der Waals surface area contributed by atoms with Gasteiger partial charge in [-0.2, -0.15) is 13.2 Å². The van der Waals surface area contributed by atoms with Crippen LogP contribution < -0.4 is 39.4 Å². The molecule has 0 aliphatic heterocycles. The van der Waals surface area contributed by atoms with Crippen LogP contribution in [0.4, 0.5) is 26.3 Å². The van der Waals surface area contributed by atoms with Gasteiger partial charge in [0.25, 0.3) is 0 Å². The van der Waals surface area contributed by atoms with Crippen LogP contribution in [0, 0.1) is 17.5 Å². The molecular weight excluding hydrogens is 499 g/mol. The van der Waals surface area contributed by atoms with Gasteiger partial charge in [-0.25, -0.2) is 18.2 Å². The van der Waals surface area contributed by atoms with E-state index in [4.69, 9.17) is 4.74 Å². The molecule has 1 aliphatic carbocycles. The molecule has 4 rings (SSSR count). The van der Waals surface area contributed by atoms with E-state index in [0.29, 0.717) is 30.2 Å². The number of carboxylic acids is 1. The Labute approximate surface area is 223 Å². The van der Waals surface area contributed by atoms with Crippen molar-refractivity contribution in [3.05, 3.63) is 93.9 Å². The Morgan fingerprint density at radius 1 is 1.00 bits per heavy atom. The van der Waals surface area contributed by atoms with E-state index in [-0.39, 0.29) is 53.0 Å². The Bertz CT molecular complexity index is 1320. The molecule has 2 aromatic carbocycles. The molecule has 0 amide bonds. The van der Waals surface area contributed by atoms with Crippen LogP contribution >= 0.6 is 0 Å². The first-order valence-electron chi connectivity index (χ1n) is 10.4.